The van der Waals surface area contributed by atoms with E-state index in [0.29, 0.717) is 55.5 Å². The highest BCUT2D eigenvalue weighted by atomic mass is 127. The number of fused-ring (bicyclic) bond motifs is 3. The van der Waals surface area contributed by atoms with Crippen LogP contribution >= 0.6 is 22.6 Å². The summed E-state index contributed by atoms with van der Waals surface area (Å²) in [6, 6.07) is 10.4. The Bertz CT molecular complexity index is 2130. The average Bonchev–Trinajstić information content (AvgIpc) is 3.91. The molecule has 1 aromatic carbocycles. The maximum absolute atomic E-state index is 15.0. The van der Waals surface area contributed by atoms with E-state index in [0.717, 1.165) is 66.6 Å². The molecule has 5 aliphatic rings. The van der Waals surface area contributed by atoms with Gasteiger partial charge in [0.15, 0.2) is 11.6 Å². The molecule has 11 nitrogen and oxygen atoms in total. The van der Waals surface area contributed by atoms with Crippen LogP contribution < -0.4 is 10.2 Å². The van der Waals surface area contributed by atoms with Gasteiger partial charge in [-0.2, -0.15) is 0 Å². The molecule has 3 aromatic heterocycles. The Labute approximate surface area is 329 Å². The molecule has 3 saturated heterocycles. The first-order valence-corrected chi connectivity index (χ1v) is 20.6. The van der Waals surface area contributed by atoms with Gasteiger partial charge in [-0.05, 0) is 94.5 Å². The average molecular weight is 847 g/mol. The van der Waals surface area contributed by atoms with Gasteiger partial charge in [0.25, 0.3) is 5.91 Å². The predicted octanol–water partition coefficient (Wildman–Crippen LogP) is 7.37. The number of halogens is 2. The van der Waals surface area contributed by atoms with Gasteiger partial charge >= 0.3 is 0 Å². The molecule has 13 heteroatoms. The quantitative estimate of drug-likeness (QED) is 0.152. The number of ether oxygens (including phenoxy) is 1. The second-order valence-corrected chi connectivity index (χ2v) is 18.9. The van der Waals surface area contributed by atoms with Gasteiger partial charge in [0.05, 0.1) is 38.9 Å². The lowest BCUT2D eigenvalue weighted by molar-refractivity contribution is -0.153. The molecule has 4 aromatic rings. The Morgan fingerprint density at radius 1 is 1.06 bits per heavy atom. The van der Waals surface area contributed by atoms with Crippen LogP contribution in [-0.4, -0.2) is 91.6 Å². The Kier molecular flexibility index (Phi) is 8.81. The maximum Gasteiger partial charge on any atom is 0.254 e. The number of imidazole rings is 1. The number of amides is 2. The molecule has 0 radical (unpaired) electrons. The largest absolute Gasteiger partial charge is 0.365 e. The molecule has 7 heterocycles. The van der Waals surface area contributed by atoms with Crippen molar-refractivity contribution in [3.63, 3.8) is 0 Å². The van der Waals surface area contributed by atoms with Crippen molar-refractivity contribution in [2.75, 3.05) is 43.0 Å². The summed E-state index contributed by atoms with van der Waals surface area (Å²) in [6.07, 6.45) is 10.4. The van der Waals surface area contributed by atoms with Gasteiger partial charge in [0, 0.05) is 55.8 Å². The molecule has 1 aliphatic carbocycles. The van der Waals surface area contributed by atoms with Crippen LogP contribution in [0.5, 0.6) is 0 Å². The van der Waals surface area contributed by atoms with E-state index in [1.807, 2.05) is 22.5 Å². The number of alkyl halides is 1. The van der Waals surface area contributed by atoms with Gasteiger partial charge < -0.3 is 24.4 Å². The van der Waals surface area contributed by atoms with Crippen molar-refractivity contribution in [2.24, 2.45) is 5.41 Å². The number of rotatable bonds is 7. The first-order chi connectivity index (χ1) is 25.9. The summed E-state index contributed by atoms with van der Waals surface area (Å²) in [7, 11) is 0. The van der Waals surface area contributed by atoms with Crippen molar-refractivity contribution < 1.29 is 18.7 Å². The fraction of sp³-hybridized carbons (Fsp3) is 0.537. The van der Waals surface area contributed by atoms with E-state index >= 15 is 0 Å². The number of carbonyl (C=O) groups excluding carboxylic acids is 2. The number of nitrogens with one attached hydrogen (secondary N) is 1. The van der Waals surface area contributed by atoms with Crippen molar-refractivity contribution in [1.29, 1.82) is 0 Å². The Morgan fingerprint density at radius 2 is 1.85 bits per heavy atom. The lowest BCUT2D eigenvalue weighted by Gasteiger charge is -2.47. The molecule has 1 saturated carbocycles. The summed E-state index contributed by atoms with van der Waals surface area (Å²) in [5.74, 6) is 0.215. The summed E-state index contributed by atoms with van der Waals surface area (Å²) in [5.41, 5.74) is 4.16. The third kappa shape index (κ3) is 5.91. The molecule has 4 fully saturated rings. The summed E-state index contributed by atoms with van der Waals surface area (Å²) >= 11 is 2.33. The fourth-order valence-electron chi connectivity index (χ4n) is 9.67. The highest BCUT2D eigenvalue weighted by Gasteiger charge is 2.57. The number of carbonyl (C=O) groups is 2. The molecular weight excluding hydrogens is 798 g/mol. The monoisotopic (exact) mass is 846 g/mol. The Morgan fingerprint density at radius 3 is 2.54 bits per heavy atom. The van der Waals surface area contributed by atoms with Crippen molar-refractivity contribution >= 4 is 62.6 Å². The molecule has 54 heavy (non-hydrogen) atoms. The fourth-order valence-corrected chi connectivity index (χ4v) is 10.1. The van der Waals surface area contributed by atoms with Gasteiger partial charge in [0.1, 0.15) is 11.1 Å². The van der Waals surface area contributed by atoms with Crippen LogP contribution in [0.25, 0.3) is 22.3 Å². The standard InChI is InChI=1S/C41H48FIN8O3/c1-25(43)50-24-45-33-21-32(47-36(35(33)50)46-31-8-13-44-22-30(31)42)26-6-7-29-34(18-26)51(28-19-27(20-28)49-14-10-39(2,3)23-49)38(53)41(29)11-15-48(16-12-41)37(52)40(4)9-5-17-54-40/h6-8,13,18,21-22,24-25,27-28H,5,9-12,14-17,19-20,23H2,1-4H3,(H,44,46,47)/t25?,27?,28?,40-/m0/s1. The second-order valence-electron chi connectivity index (χ2n) is 17.1. The molecule has 284 valence electrons. The topological polar surface area (TPSA) is 109 Å². The molecule has 2 atom stereocenters. The third-order valence-corrected chi connectivity index (χ3v) is 13.5. The second kappa shape index (κ2) is 13.2. The van der Waals surface area contributed by atoms with Crippen molar-refractivity contribution in [1.82, 2.24) is 29.3 Å². The van der Waals surface area contributed by atoms with E-state index in [4.69, 9.17) is 14.7 Å². The number of hydrogen-bond donors (Lipinski definition) is 1. The van der Waals surface area contributed by atoms with E-state index in [9.17, 15) is 14.0 Å². The number of hydrogen-bond acceptors (Lipinski definition) is 8. The van der Waals surface area contributed by atoms with Crippen LogP contribution in [0, 0.1) is 11.2 Å². The van der Waals surface area contributed by atoms with Gasteiger partial charge in [-0.15, -0.1) is 0 Å². The lowest BCUT2D eigenvalue weighted by Crippen LogP contribution is -2.58. The number of benzene rings is 1. The van der Waals surface area contributed by atoms with Crippen molar-refractivity contribution in [2.45, 2.75) is 99.8 Å². The first-order valence-electron chi connectivity index (χ1n) is 19.4. The Balaban J connectivity index is 1.08. The summed E-state index contributed by atoms with van der Waals surface area (Å²) < 4.78 is 22.9. The lowest BCUT2D eigenvalue weighted by atomic mass is 9.73. The molecule has 4 aliphatic heterocycles. The van der Waals surface area contributed by atoms with Crippen molar-refractivity contribution in [3.8, 4) is 11.3 Å². The van der Waals surface area contributed by atoms with E-state index in [2.05, 4.69) is 81.7 Å². The molecule has 0 bridgehead atoms. The van der Waals surface area contributed by atoms with E-state index in [-0.39, 0.29) is 27.6 Å². The number of nitrogens with zero attached hydrogens (tertiary/aromatic N) is 7. The minimum atomic E-state index is -0.774. The predicted molar refractivity (Wildman–Crippen MR) is 215 cm³/mol. The van der Waals surface area contributed by atoms with Crippen LogP contribution in [0.2, 0.25) is 0 Å². The van der Waals surface area contributed by atoms with Crippen LogP contribution in [0.1, 0.15) is 82.3 Å². The molecule has 2 amide bonds. The SMILES string of the molecule is CC(I)n1cnc2cc(-c3ccc4c(c3)N(C3CC(N5CCC(C)(C)C5)C3)C(=O)C43CCN(C(=O)[C@]4(C)CCCO4)CC3)nc(Nc3ccncc3F)c21. The minimum Gasteiger partial charge on any atom is -0.365 e. The summed E-state index contributed by atoms with van der Waals surface area (Å²) in [5, 5.41) is 3.23. The first kappa shape index (κ1) is 36.0. The van der Waals surface area contributed by atoms with Crippen LogP contribution in [0.3, 0.4) is 0 Å². The number of anilines is 3. The van der Waals surface area contributed by atoms with Crippen LogP contribution in [0.4, 0.5) is 21.6 Å². The molecule has 1 spiro atoms. The van der Waals surface area contributed by atoms with Gasteiger partial charge in [0.2, 0.25) is 5.91 Å². The number of pyridine rings is 2. The van der Waals surface area contributed by atoms with Crippen LogP contribution in [0.15, 0.2) is 49.1 Å². The normalized spacial score (nSPS) is 26.7. The maximum atomic E-state index is 15.0. The van der Waals surface area contributed by atoms with Gasteiger partial charge in [-0.25, -0.2) is 14.4 Å². The molecule has 9 rings (SSSR count). The van der Waals surface area contributed by atoms with E-state index < -0.39 is 16.8 Å². The summed E-state index contributed by atoms with van der Waals surface area (Å²) in [4.78, 5) is 49.0. The Hall–Kier alpha value is -3.69. The molecule has 1 unspecified atom stereocenters. The number of aromatic nitrogens is 4. The number of piperidine rings is 1. The van der Waals surface area contributed by atoms with Gasteiger partial charge in [-0.1, -0.05) is 48.6 Å². The van der Waals surface area contributed by atoms with E-state index in [1.165, 1.54) is 12.6 Å². The zero-order valence-corrected chi connectivity index (χ0v) is 33.6. The van der Waals surface area contributed by atoms with Crippen LogP contribution in [-0.2, 0) is 19.7 Å². The zero-order valence-electron chi connectivity index (χ0n) is 31.4. The highest BCUT2D eigenvalue weighted by molar-refractivity contribution is 14.1. The number of likely N-dealkylation sites (tertiary alicyclic amines) is 2. The van der Waals surface area contributed by atoms with Gasteiger partial charge in [-0.3, -0.25) is 19.5 Å². The smallest absolute Gasteiger partial charge is 0.254 e. The van der Waals surface area contributed by atoms with Crippen molar-refractivity contribution in [3.05, 3.63) is 60.4 Å². The summed E-state index contributed by atoms with van der Waals surface area (Å²) in [6.45, 7) is 12.5. The molecular formula is C41H48FIN8O3. The third-order valence-electron chi connectivity index (χ3n) is 12.9. The highest BCUT2D eigenvalue weighted by Crippen LogP contribution is 2.53. The zero-order chi connectivity index (χ0) is 37.6. The minimum absolute atomic E-state index is 0.0417. The molecule has 1 N–H and O–H groups in total. The van der Waals surface area contributed by atoms with E-state index in [1.54, 1.807) is 18.6 Å².